The minimum Gasteiger partial charge on any atom is -0.316 e. The quantitative estimate of drug-likeness (QED) is 0.724. The molecule has 2 aliphatic rings. The Kier molecular flexibility index (Phi) is 6.85. The molecule has 0 bridgehead atoms. The molecule has 0 N–H and O–H groups in total. The van der Waals surface area contributed by atoms with Crippen molar-refractivity contribution in [2.75, 3.05) is 39.3 Å². The summed E-state index contributed by atoms with van der Waals surface area (Å²) in [5, 5.41) is 0. The summed E-state index contributed by atoms with van der Waals surface area (Å²) in [6.07, 6.45) is 6.44. The Labute approximate surface area is 166 Å². The number of benzene rings is 1. The van der Waals surface area contributed by atoms with Gasteiger partial charge in [0, 0.05) is 38.4 Å². The van der Waals surface area contributed by atoms with Crippen molar-refractivity contribution in [3.05, 3.63) is 41.9 Å². The summed E-state index contributed by atoms with van der Waals surface area (Å²) in [6.45, 7) is 4.59. The third kappa shape index (κ3) is 4.79. The summed E-state index contributed by atoms with van der Waals surface area (Å²) in [4.78, 5) is 16.7. The molecule has 1 saturated heterocycles. The highest BCUT2D eigenvalue weighted by Gasteiger charge is 2.30. The number of amides is 1. The first-order valence-corrected chi connectivity index (χ1v) is 11.3. The topological polar surface area (TPSA) is 60.9 Å². The van der Waals surface area contributed by atoms with Gasteiger partial charge in [-0.25, -0.2) is 12.8 Å². The second-order valence-corrected chi connectivity index (χ2v) is 9.15. The van der Waals surface area contributed by atoms with Gasteiger partial charge < -0.3 is 4.90 Å². The van der Waals surface area contributed by atoms with Gasteiger partial charge in [0.15, 0.2) is 0 Å². The van der Waals surface area contributed by atoms with E-state index in [0.717, 1.165) is 37.1 Å². The molecule has 1 aromatic rings. The molecule has 0 atom stereocenters. The highest BCUT2D eigenvalue weighted by atomic mass is 32.2. The van der Waals surface area contributed by atoms with Gasteiger partial charge in [0.05, 0.1) is 11.4 Å². The molecule has 6 nitrogen and oxygen atoms in total. The number of rotatable bonds is 6. The van der Waals surface area contributed by atoms with Gasteiger partial charge in [0.25, 0.3) is 0 Å². The summed E-state index contributed by atoms with van der Waals surface area (Å²) in [6, 6.07) is 4.89. The molecule has 0 saturated carbocycles. The first-order chi connectivity index (χ1) is 13.4. The zero-order valence-electron chi connectivity index (χ0n) is 16.3. The Morgan fingerprint density at radius 1 is 1.11 bits per heavy atom. The molecule has 0 spiro atoms. The van der Waals surface area contributed by atoms with Crippen molar-refractivity contribution in [2.45, 2.75) is 37.5 Å². The number of piperazine rings is 1. The normalized spacial score (nSPS) is 19.3. The van der Waals surface area contributed by atoms with Crippen LogP contribution in [-0.4, -0.2) is 67.7 Å². The fraction of sp³-hybridized carbons (Fsp3) is 0.550. The summed E-state index contributed by atoms with van der Waals surface area (Å²) in [5.41, 5.74) is 1.12. The van der Waals surface area contributed by atoms with E-state index >= 15 is 0 Å². The Morgan fingerprint density at radius 2 is 1.79 bits per heavy atom. The van der Waals surface area contributed by atoms with Crippen LogP contribution in [0.2, 0.25) is 0 Å². The van der Waals surface area contributed by atoms with Crippen molar-refractivity contribution in [3.63, 3.8) is 0 Å². The predicted octanol–water partition coefficient (Wildman–Crippen LogP) is 2.44. The number of hydrogen-bond acceptors (Lipinski definition) is 4. The average molecular weight is 410 g/mol. The van der Waals surface area contributed by atoms with Gasteiger partial charge in [-0.05, 0) is 56.9 Å². The third-order valence-corrected chi connectivity index (χ3v) is 7.29. The number of sulfonamides is 1. The van der Waals surface area contributed by atoms with Gasteiger partial charge in [-0.1, -0.05) is 6.08 Å². The van der Waals surface area contributed by atoms with Gasteiger partial charge in [0.2, 0.25) is 15.9 Å². The van der Waals surface area contributed by atoms with Crippen LogP contribution in [0.1, 0.15) is 32.6 Å². The molecular formula is C20H28FN3O3S. The Balaban J connectivity index is 1.57. The van der Waals surface area contributed by atoms with Gasteiger partial charge >= 0.3 is 0 Å². The maximum Gasteiger partial charge on any atom is 0.243 e. The number of likely N-dealkylation sites (N-methyl/N-ethyl adjacent to an activating group) is 1. The SMILES string of the molecule is CCN(C(=O)CN1CCN(S(=O)(=O)c2ccc(F)cc2)CC1)C1=CCCCC1. The van der Waals surface area contributed by atoms with E-state index in [1.54, 1.807) is 0 Å². The molecule has 1 amide bonds. The minimum absolute atomic E-state index is 0.0745. The van der Waals surface area contributed by atoms with Gasteiger partial charge in [-0.2, -0.15) is 4.31 Å². The van der Waals surface area contributed by atoms with Crippen LogP contribution in [0.3, 0.4) is 0 Å². The zero-order chi connectivity index (χ0) is 20.1. The van der Waals surface area contributed by atoms with Crippen molar-refractivity contribution >= 4 is 15.9 Å². The zero-order valence-corrected chi connectivity index (χ0v) is 17.1. The molecule has 1 fully saturated rings. The van der Waals surface area contributed by atoms with Gasteiger partial charge in [0.1, 0.15) is 5.82 Å². The predicted molar refractivity (Wildman–Crippen MR) is 106 cm³/mol. The molecular weight excluding hydrogens is 381 g/mol. The van der Waals surface area contributed by atoms with Gasteiger partial charge in [-0.15, -0.1) is 0 Å². The smallest absolute Gasteiger partial charge is 0.243 e. The number of allylic oxidation sites excluding steroid dienone is 2. The van der Waals surface area contributed by atoms with E-state index in [9.17, 15) is 17.6 Å². The molecule has 1 heterocycles. The summed E-state index contributed by atoms with van der Waals surface area (Å²) < 4.78 is 39.9. The lowest BCUT2D eigenvalue weighted by atomic mass is 10.0. The van der Waals surface area contributed by atoms with Crippen LogP contribution < -0.4 is 0 Å². The largest absolute Gasteiger partial charge is 0.316 e. The van der Waals surface area contributed by atoms with E-state index in [0.29, 0.717) is 39.3 Å². The van der Waals surface area contributed by atoms with Crippen molar-refractivity contribution in [1.29, 1.82) is 0 Å². The van der Waals surface area contributed by atoms with E-state index in [2.05, 4.69) is 6.08 Å². The highest BCUT2D eigenvalue weighted by molar-refractivity contribution is 7.89. The fourth-order valence-corrected chi connectivity index (χ4v) is 5.19. The molecule has 154 valence electrons. The Hall–Kier alpha value is -1.77. The number of carbonyl (C=O) groups is 1. The van der Waals surface area contributed by atoms with Crippen molar-refractivity contribution in [2.24, 2.45) is 0 Å². The van der Waals surface area contributed by atoms with Crippen molar-refractivity contribution < 1.29 is 17.6 Å². The van der Waals surface area contributed by atoms with Crippen LogP contribution in [0, 0.1) is 5.82 Å². The van der Waals surface area contributed by atoms with Crippen LogP contribution in [0.15, 0.2) is 40.9 Å². The number of hydrogen-bond donors (Lipinski definition) is 0. The fourth-order valence-electron chi connectivity index (χ4n) is 3.77. The molecule has 28 heavy (non-hydrogen) atoms. The molecule has 1 aliphatic carbocycles. The minimum atomic E-state index is -3.63. The van der Waals surface area contributed by atoms with Crippen LogP contribution in [0.25, 0.3) is 0 Å². The molecule has 3 rings (SSSR count). The first-order valence-electron chi connectivity index (χ1n) is 9.89. The molecule has 1 aromatic carbocycles. The second kappa shape index (κ2) is 9.15. The van der Waals surface area contributed by atoms with E-state index < -0.39 is 15.8 Å². The lowest BCUT2D eigenvalue weighted by Gasteiger charge is -2.35. The highest BCUT2D eigenvalue weighted by Crippen LogP contribution is 2.22. The van der Waals surface area contributed by atoms with E-state index in [4.69, 9.17) is 0 Å². The van der Waals surface area contributed by atoms with Gasteiger partial charge in [-0.3, -0.25) is 9.69 Å². The van der Waals surface area contributed by atoms with E-state index in [1.807, 2.05) is 16.7 Å². The summed E-state index contributed by atoms with van der Waals surface area (Å²) in [7, 11) is -3.63. The van der Waals surface area contributed by atoms with Crippen LogP contribution in [-0.2, 0) is 14.8 Å². The average Bonchev–Trinajstić information content (AvgIpc) is 2.70. The molecule has 0 unspecified atom stereocenters. The number of halogens is 1. The van der Waals surface area contributed by atoms with Crippen molar-refractivity contribution in [1.82, 2.24) is 14.1 Å². The lowest BCUT2D eigenvalue weighted by Crippen LogP contribution is -2.51. The number of nitrogens with zero attached hydrogens (tertiary/aromatic N) is 3. The summed E-state index contributed by atoms with van der Waals surface area (Å²) >= 11 is 0. The third-order valence-electron chi connectivity index (χ3n) is 5.37. The maximum atomic E-state index is 13.1. The van der Waals surface area contributed by atoms with Crippen LogP contribution in [0.5, 0.6) is 0 Å². The monoisotopic (exact) mass is 409 g/mol. The molecule has 1 aliphatic heterocycles. The van der Waals surface area contributed by atoms with E-state index in [-0.39, 0.29) is 10.8 Å². The standard InChI is InChI=1S/C20H28FN3O3S/c1-2-24(18-6-4-3-5-7-18)20(25)16-22-12-14-23(15-13-22)28(26,27)19-10-8-17(21)9-11-19/h6,8-11H,2-5,7,12-16H2,1H3. The molecule has 0 radical (unpaired) electrons. The van der Waals surface area contributed by atoms with Crippen LogP contribution >= 0.6 is 0 Å². The maximum absolute atomic E-state index is 13.1. The van der Waals surface area contributed by atoms with Crippen molar-refractivity contribution in [3.8, 4) is 0 Å². The lowest BCUT2D eigenvalue weighted by molar-refractivity contribution is -0.130. The molecule has 8 heteroatoms. The number of carbonyl (C=O) groups excluding carboxylic acids is 1. The van der Waals surface area contributed by atoms with Crippen LogP contribution in [0.4, 0.5) is 4.39 Å². The second-order valence-electron chi connectivity index (χ2n) is 7.21. The summed E-state index contributed by atoms with van der Waals surface area (Å²) in [5.74, 6) is -0.388. The Morgan fingerprint density at radius 3 is 2.36 bits per heavy atom. The Bertz CT molecular complexity index is 816. The molecule has 0 aromatic heterocycles. The van der Waals surface area contributed by atoms with E-state index in [1.165, 1.54) is 22.9 Å². The first kappa shape index (κ1) is 21.0.